The molecule has 1 amide bonds. The van der Waals surface area contributed by atoms with E-state index in [1.54, 1.807) is 18.2 Å². The molecule has 5 nitrogen and oxygen atoms in total. The highest BCUT2D eigenvalue weighted by Gasteiger charge is 2.27. The number of nitrogens with zero attached hydrogens (tertiary/aromatic N) is 1. The molecule has 0 spiro atoms. The topological polar surface area (TPSA) is 72.2 Å². The highest BCUT2D eigenvalue weighted by molar-refractivity contribution is 5.94. The van der Waals surface area contributed by atoms with E-state index in [0.717, 1.165) is 31.6 Å². The van der Waals surface area contributed by atoms with Crippen molar-refractivity contribution < 1.29 is 9.72 Å². The van der Waals surface area contributed by atoms with Crippen molar-refractivity contribution in [1.82, 2.24) is 0 Å². The minimum Gasteiger partial charge on any atom is -0.320 e. The van der Waals surface area contributed by atoms with Crippen LogP contribution in [0.1, 0.15) is 51.9 Å². The Balaban J connectivity index is 1.90. The van der Waals surface area contributed by atoms with Gasteiger partial charge < -0.3 is 5.32 Å². The van der Waals surface area contributed by atoms with Crippen LogP contribution < -0.4 is 5.32 Å². The fraction of sp³-hybridized carbons (Fsp3) is 0.588. The fourth-order valence-electron chi connectivity index (χ4n) is 3.18. The number of hydrogen-bond acceptors (Lipinski definition) is 3. The number of benzene rings is 1. The number of carbonyl (C=O) groups excluding carboxylic acids is 1. The van der Waals surface area contributed by atoms with Crippen molar-refractivity contribution in [3.63, 3.8) is 0 Å². The number of unbranched alkanes of at least 4 members (excludes halogenated alkanes) is 1. The first-order chi connectivity index (χ1) is 10.6. The number of amides is 1. The second kappa shape index (κ2) is 7.92. The number of nitro benzene ring substituents is 1. The number of rotatable bonds is 6. The van der Waals surface area contributed by atoms with Crippen molar-refractivity contribution >= 4 is 17.3 Å². The molecule has 120 valence electrons. The van der Waals surface area contributed by atoms with Gasteiger partial charge in [0.25, 0.3) is 5.69 Å². The number of carbonyl (C=O) groups is 1. The van der Waals surface area contributed by atoms with Crippen LogP contribution in [-0.2, 0) is 4.79 Å². The van der Waals surface area contributed by atoms with E-state index < -0.39 is 4.92 Å². The summed E-state index contributed by atoms with van der Waals surface area (Å²) in [6.07, 6.45) is 7.70. The molecule has 0 aromatic heterocycles. The van der Waals surface area contributed by atoms with Gasteiger partial charge in [-0.1, -0.05) is 38.3 Å². The Labute approximate surface area is 131 Å². The monoisotopic (exact) mass is 304 g/mol. The van der Waals surface area contributed by atoms with Crippen molar-refractivity contribution in [2.45, 2.75) is 51.9 Å². The number of hydrogen-bond donors (Lipinski definition) is 1. The van der Waals surface area contributed by atoms with Crippen molar-refractivity contribution in [2.24, 2.45) is 11.8 Å². The van der Waals surface area contributed by atoms with Crippen LogP contribution in [0.25, 0.3) is 0 Å². The summed E-state index contributed by atoms with van der Waals surface area (Å²) in [5.74, 6) is 0.649. The van der Waals surface area contributed by atoms with Crippen molar-refractivity contribution in [2.75, 3.05) is 5.32 Å². The molecule has 1 N–H and O–H groups in total. The molecule has 1 fully saturated rings. The van der Waals surface area contributed by atoms with Crippen molar-refractivity contribution in [1.29, 1.82) is 0 Å². The summed E-state index contributed by atoms with van der Waals surface area (Å²) in [7, 11) is 0. The maximum atomic E-state index is 12.3. The summed E-state index contributed by atoms with van der Waals surface area (Å²) in [5, 5.41) is 13.7. The van der Waals surface area contributed by atoms with Crippen LogP contribution in [0.4, 0.5) is 11.4 Å². The van der Waals surface area contributed by atoms with E-state index in [0.29, 0.717) is 5.69 Å². The van der Waals surface area contributed by atoms with E-state index in [-0.39, 0.29) is 17.5 Å². The van der Waals surface area contributed by atoms with Crippen LogP contribution >= 0.6 is 0 Å². The largest absolute Gasteiger partial charge is 0.320 e. The molecule has 1 saturated carbocycles. The SMILES string of the molecule is CCCCC1CCC(C(=O)Nc2ccccc2[N+](=O)[O-])CC1. The fourth-order valence-corrected chi connectivity index (χ4v) is 3.18. The Kier molecular flexibility index (Phi) is 5.92. The first kappa shape index (κ1) is 16.5. The number of para-hydroxylation sites is 2. The minimum absolute atomic E-state index is 0.0160. The maximum Gasteiger partial charge on any atom is 0.292 e. The van der Waals surface area contributed by atoms with Crippen LogP contribution in [-0.4, -0.2) is 10.8 Å². The lowest BCUT2D eigenvalue weighted by atomic mass is 9.79. The van der Waals surface area contributed by atoms with Crippen LogP contribution in [0.3, 0.4) is 0 Å². The van der Waals surface area contributed by atoms with Crippen LogP contribution in [0, 0.1) is 22.0 Å². The highest BCUT2D eigenvalue weighted by Crippen LogP contribution is 2.33. The van der Waals surface area contributed by atoms with Crippen molar-refractivity contribution in [3.8, 4) is 0 Å². The molecule has 0 saturated heterocycles. The molecule has 5 heteroatoms. The Morgan fingerprint density at radius 2 is 1.95 bits per heavy atom. The summed E-state index contributed by atoms with van der Waals surface area (Å²) in [6.45, 7) is 2.20. The normalized spacial score (nSPS) is 21.3. The van der Waals surface area contributed by atoms with Crippen molar-refractivity contribution in [3.05, 3.63) is 34.4 Å². The molecular formula is C17H24N2O3. The van der Waals surface area contributed by atoms with Crippen LogP contribution in [0.2, 0.25) is 0 Å². The third-order valence-electron chi connectivity index (χ3n) is 4.54. The third-order valence-corrected chi connectivity index (χ3v) is 4.54. The molecule has 1 aromatic rings. The van der Waals surface area contributed by atoms with E-state index in [9.17, 15) is 14.9 Å². The Morgan fingerprint density at radius 3 is 2.59 bits per heavy atom. The van der Waals surface area contributed by atoms with Gasteiger partial charge in [-0.25, -0.2) is 0 Å². The molecule has 0 radical (unpaired) electrons. The lowest BCUT2D eigenvalue weighted by molar-refractivity contribution is -0.383. The zero-order valence-corrected chi connectivity index (χ0v) is 13.1. The lowest BCUT2D eigenvalue weighted by Gasteiger charge is -2.27. The van der Waals surface area contributed by atoms with Gasteiger partial charge in [0.15, 0.2) is 0 Å². The molecule has 0 heterocycles. The van der Waals surface area contributed by atoms with Crippen LogP contribution in [0.5, 0.6) is 0 Å². The van der Waals surface area contributed by atoms with E-state index in [1.165, 1.54) is 25.3 Å². The molecule has 0 bridgehead atoms. The summed E-state index contributed by atoms with van der Waals surface area (Å²) < 4.78 is 0. The summed E-state index contributed by atoms with van der Waals surface area (Å²) in [6, 6.07) is 6.30. The second-order valence-corrected chi connectivity index (χ2v) is 6.12. The average molecular weight is 304 g/mol. The predicted molar refractivity (Wildman–Crippen MR) is 86.7 cm³/mol. The molecule has 1 aliphatic carbocycles. The van der Waals surface area contributed by atoms with E-state index >= 15 is 0 Å². The zero-order valence-electron chi connectivity index (χ0n) is 13.1. The van der Waals surface area contributed by atoms with Gasteiger partial charge in [-0.05, 0) is 37.7 Å². The Hall–Kier alpha value is -1.91. The number of nitro groups is 1. The second-order valence-electron chi connectivity index (χ2n) is 6.12. The Morgan fingerprint density at radius 1 is 1.27 bits per heavy atom. The summed E-state index contributed by atoms with van der Waals surface area (Å²) >= 11 is 0. The van der Waals surface area contributed by atoms with Crippen LogP contribution in [0.15, 0.2) is 24.3 Å². The average Bonchev–Trinajstić information content (AvgIpc) is 2.53. The van der Waals surface area contributed by atoms with E-state index in [2.05, 4.69) is 12.2 Å². The standard InChI is InChI=1S/C17H24N2O3/c1-2-3-6-13-9-11-14(12-10-13)17(20)18-15-7-4-5-8-16(15)19(21)22/h4-5,7-8,13-14H,2-3,6,9-12H2,1H3,(H,18,20). The number of anilines is 1. The first-order valence-electron chi connectivity index (χ1n) is 8.16. The zero-order chi connectivity index (χ0) is 15.9. The summed E-state index contributed by atoms with van der Waals surface area (Å²) in [4.78, 5) is 22.8. The third kappa shape index (κ3) is 4.29. The Bertz CT molecular complexity index is 522. The van der Waals surface area contributed by atoms with Gasteiger partial charge in [0.1, 0.15) is 5.69 Å². The minimum atomic E-state index is -0.461. The smallest absolute Gasteiger partial charge is 0.292 e. The molecule has 1 aliphatic rings. The molecule has 0 unspecified atom stereocenters. The van der Waals surface area contributed by atoms with Gasteiger partial charge in [-0.15, -0.1) is 0 Å². The molecule has 22 heavy (non-hydrogen) atoms. The van der Waals surface area contributed by atoms with Gasteiger partial charge >= 0.3 is 0 Å². The molecule has 1 aromatic carbocycles. The predicted octanol–water partition coefficient (Wildman–Crippen LogP) is 4.53. The summed E-state index contributed by atoms with van der Waals surface area (Å²) in [5.41, 5.74) is 0.248. The quantitative estimate of drug-likeness (QED) is 0.620. The first-order valence-corrected chi connectivity index (χ1v) is 8.16. The lowest BCUT2D eigenvalue weighted by Crippen LogP contribution is -2.27. The molecule has 0 atom stereocenters. The van der Waals surface area contributed by atoms with Gasteiger partial charge in [0, 0.05) is 12.0 Å². The molecule has 2 rings (SSSR count). The highest BCUT2D eigenvalue weighted by atomic mass is 16.6. The van der Waals surface area contributed by atoms with Gasteiger partial charge in [0.05, 0.1) is 4.92 Å². The van der Waals surface area contributed by atoms with Gasteiger partial charge in [-0.2, -0.15) is 0 Å². The maximum absolute atomic E-state index is 12.3. The molecule has 0 aliphatic heterocycles. The van der Waals surface area contributed by atoms with E-state index in [1.807, 2.05) is 0 Å². The molecular weight excluding hydrogens is 280 g/mol. The van der Waals surface area contributed by atoms with E-state index in [4.69, 9.17) is 0 Å². The van der Waals surface area contributed by atoms with Gasteiger partial charge in [0.2, 0.25) is 5.91 Å². The van der Waals surface area contributed by atoms with Gasteiger partial charge in [-0.3, -0.25) is 14.9 Å². The number of nitrogens with one attached hydrogen (secondary N) is 1.